The maximum atomic E-state index is 6.27. The van der Waals surface area contributed by atoms with Gasteiger partial charge in [-0.2, -0.15) is 0 Å². The third-order valence-electron chi connectivity index (χ3n) is 6.85. The van der Waals surface area contributed by atoms with Crippen LogP contribution in [0.3, 0.4) is 0 Å². The molecule has 1 saturated heterocycles. The molecule has 3 N–H and O–H groups in total. The second kappa shape index (κ2) is 5.01. The van der Waals surface area contributed by atoms with E-state index in [1.807, 2.05) is 0 Å². The zero-order chi connectivity index (χ0) is 15.4. The van der Waals surface area contributed by atoms with Gasteiger partial charge in [-0.3, -0.25) is 0 Å². The van der Waals surface area contributed by atoms with Gasteiger partial charge in [0.05, 0.1) is 0 Å². The van der Waals surface area contributed by atoms with E-state index in [0.29, 0.717) is 0 Å². The highest BCUT2D eigenvalue weighted by molar-refractivity contribution is 5.91. The lowest BCUT2D eigenvalue weighted by molar-refractivity contribution is 0.301. The second-order valence-electron chi connectivity index (χ2n) is 7.95. The monoisotopic (exact) mass is 309 g/mol. The Morgan fingerprint density at radius 1 is 1.13 bits per heavy atom. The number of hydrogen-bond acceptors (Lipinski definition) is 2. The number of piperidine rings is 1. The summed E-state index contributed by atoms with van der Waals surface area (Å²) in [7, 11) is 0. The van der Waals surface area contributed by atoms with Crippen molar-refractivity contribution in [3.8, 4) is 0 Å². The number of rotatable bonds is 2. The molecule has 0 amide bonds. The van der Waals surface area contributed by atoms with Gasteiger partial charge in [-0.05, 0) is 49.3 Å². The lowest BCUT2D eigenvalue weighted by Crippen LogP contribution is -2.38. The van der Waals surface area contributed by atoms with Crippen LogP contribution in [0.25, 0.3) is 10.9 Å². The largest absolute Gasteiger partial charge is 0.358 e. The number of nitrogens with two attached hydrogens (primary N) is 1. The molecular weight excluding hydrogens is 282 g/mol. The van der Waals surface area contributed by atoms with E-state index >= 15 is 0 Å². The SMILES string of the molecule is NCC1(c2ccc3[nH]c4c(c3c2)C2CCN4CC2)CCCCC1. The van der Waals surface area contributed by atoms with Gasteiger partial charge in [-0.15, -0.1) is 0 Å². The fourth-order valence-electron chi connectivity index (χ4n) is 5.42. The summed E-state index contributed by atoms with van der Waals surface area (Å²) in [6, 6.07) is 7.15. The predicted octanol–water partition coefficient (Wildman–Crippen LogP) is 4.03. The highest BCUT2D eigenvalue weighted by Crippen LogP contribution is 2.47. The van der Waals surface area contributed by atoms with Crippen molar-refractivity contribution in [3.05, 3.63) is 29.3 Å². The van der Waals surface area contributed by atoms with Crippen LogP contribution in [0.5, 0.6) is 0 Å². The van der Waals surface area contributed by atoms with E-state index in [9.17, 15) is 0 Å². The van der Waals surface area contributed by atoms with Crippen molar-refractivity contribution in [2.75, 3.05) is 24.5 Å². The maximum absolute atomic E-state index is 6.27. The van der Waals surface area contributed by atoms with Gasteiger partial charge in [0.2, 0.25) is 0 Å². The van der Waals surface area contributed by atoms with E-state index < -0.39 is 0 Å². The number of aromatic amines is 1. The molecule has 4 heterocycles. The molecule has 0 atom stereocenters. The molecule has 3 aliphatic heterocycles. The number of fused-ring (bicyclic) bond motifs is 3. The van der Waals surface area contributed by atoms with Crippen LogP contribution in [0.1, 0.15) is 62.0 Å². The van der Waals surface area contributed by atoms with Crippen LogP contribution in [-0.4, -0.2) is 24.6 Å². The molecule has 2 bridgehead atoms. The van der Waals surface area contributed by atoms with E-state index in [0.717, 1.165) is 12.5 Å². The molecule has 4 aliphatic rings. The predicted molar refractivity (Wildman–Crippen MR) is 96.3 cm³/mol. The van der Waals surface area contributed by atoms with Crippen molar-refractivity contribution < 1.29 is 0 Å². The molecule has 1 saturated carbocycles. The summed E-state index contributed by atoms with van der Waals surface area (Å²) < 4.78 is 0. The van der Waals surface area contributed by atoms with Gasteiger partial charge in [0.1, 0.15) is 5.82 Å². The highest BCUT2D eigenvalue weighted by atomic mass is 15.2. The van der Waals surface area contributed by atoms with Crippen molar-refractivity contribution in [2.45, 2.75) is 56.3 Å². The lowest BCUT2D eigenvalue weighted by Gasteiger charge is -2.40. The number of benzene rings is 1. The Balaban J connectivity index is 1.66. The van der Waals surface area contributed by atoms with Gasteiger partial charge >= 0.3 is 0 Å². The number of hydrogen-bond donors (Lipinski definition) is 2. The Kier molecular flexibility index (Phi) is 3.03. The van der Waals surface area contributed by atoms with Gasteiger partial charge in [0.15, 0.2) is 0 Å². The fourth-order valence-corrected chi connectivity index (χ4v) is 5.42. The van der Waals surface area contributed by atoms with E-state index in [1.165, 1.54) is 80.3 Å². The van der Waals surface area contributed by atoms with Crippen molar-refractivity contribution in [1.29, 1.82) is 0 Å². The molecule has 0 spiro atoms. The van der Waals surface area contributed by atoms with E-state index in [1.54, 1.807) is 5.56 Å². The van der Waals surface area contributed by atoms with Gasteiger partial charge in [-0.1, -0.05) is 25.3 Å². The molecule has 3 heteroatoms. The first-order valence-corrected chi connectivity index (χ1v) is 9.42. The Labute approximate surface area is 138 Å². The Bertz CT molecular complexity index is 731. The van der Waals surface area contributed by atoms with E-state index in [4.69, 9.17) is 5.73 Å². The number of anilines is 1. The highest BCUT2D eigenvalue weighted by Gasteiger charge is 2.36. The third-order valence-corrected chi connectivity index (χ3v) is 6.85. The summed E-state index contributed by atoms with van der Waals surface area (Å²) in [5.74, 6) is 2.17. The molecule has 0 radical (unpaired) electrons. The van der Waals surface area contributed by atoms with Crippen molar-refractivity contribution in [2.24, 2.45) is 5.73 Å². The summed E-state index contributed by atoms with van der Waals surface area (Å²) in [5.41, 5.74) is 10.9. The van der Waals surface area contributed by atoms with Crippen LogP contribution < -0.4 is 10.6 Å². The maximum Gasteiger partial charge on any atom is 0.110 e. The second-order valence-corrected chi connectivity index (χ2v) is 7.95. The first-order chi connectivity index (χ1) is 11.3. The fraction of sp³-hybridized carbons (Fsp3) is 0.600. The van der Waals surface area contributed by atoms with Gasteiger partial charge in [-0.25, -0.2) is 0 Å². The van der Waals surface area contributed by atoms with E-state index in [-0.39, 0.29) is 5.41 Å². The standard InChI is InChI=1S/C20H27N3/c21-13-20(8-2-1-3-9-20)15-4-5-17-16(12-15)18-14-6-10-23(11-7-14)19(18)22-17/h4-5,12,14,22H,1-3,6-11,13,21H2. The molecule has 1 aliphatic carbocycles. The first-order valence-electron chi connectivity index (χ1n) is 9.42. The molecule has 2 fully saturated rings. The molecule has 0 unspecified atom stereocenters. The van der Waals surface area contributed by atoms with Crippen LogP contribution in [0.15, 0.2) is 18.2 Å². The van der Waals surface area contributed by atoms with Crippen LogP contribution in [0.4, 0.5) is 5.82 Å². The average molecular weight is 309 g/mol. The summed E-state index contributed by atoms with van der Waals surface area (Å²) in [6.07, 6.45) is 9.21. The Morgan fingerprint density at radius 3 is 2.65 bits per heavy atom. The van der Waals surface area contributed by atoms with Crippen LogP contribution >= 0.6 is 0 Å². The molecule has 122 valence electrons. The Morgan fingerprint density at radius 2 is 1.91 bits per heavy atom. The van der Waals surface area contributed by atoms with Crippen LogP contribution in [-0.2, 0) is 5.41 Å². The molecular formula is C20H27N3. The summed E-state index contributed by atoms with van der Waals surface area (Å²) in [6.45, 7) is 3.24. The topological polar surface area (TPSA) is 45.1 Å². The number of nitrogens with zero attached hydrogens (tertiary/aromatic N) is 1. The quantitative estimate of drug-likeness (QED) is 0.880. The van der Waals surface area contributed by atoms with Crippen molar-refractivity contribution in [1.82, 2.24) is 4.98 Å². The van der Waals surface area contributed by atoms with Gasteiger partial charge in [0, 0.05) is 41.5 Å². The van der Waals surface area contributed by atoms with Crippen molar-refractivity contribution >= 4 is 16.7 Å². The van der Waals surface area contributed by atoms with Crippen LogP contribution in [0, 0.1) is 0 Å². The average Bonchev–Trinajstić information content (AvgIpc) is 3.04. The minimum Gasteiger partial charge on any atom is -0.358 e. The Hall–Kier alpha value is -1.48. The zero-order valence-corrected chi connectivity index (χ0v) is 13.9. The van der Waals surface area contributed by atoms with Gasteiger partial charge in [0.25, 0.3) is 0 Å². The minimum absolute atomic E-state index is 0.227. The number of H-pyrrole nitrogens is 1. The third kappa shape index (κ3) is 1.92. The van der Waals surface area contributed by atoms with Gasteiger partial charge < -0.3 is 15.6 Å². The van der Waals surface area contributed by atoms with Crippen molar-refractivity contribution in [3.63, 3.8) is 0 Å². The molecule has 1 aromatic heterocycles. The number of nitrogens with one attached hydrogen (secondary N) is 1. The molecule has 1 aromatic carbocycles. The van der Waals surface area contributed by atoms with E-state index in [2.05, 4.69) is 28.1 Å². The summed E-state index contributed by atoms with van der Waals surface area (Å²) in [5, 5.41) is 1.48. The smallest absolute Gasteiger partial charge is 0.110 e. The molecule has 3 nitrogen and oxygen atoms in total. The normalized spacial score (nSPS) is 23.4. The molecule has 23 heavy (non-hydrogen) atoms. The minimum atomic E-state index is 0.227. The molecule has 6 rings (SSSR count). The summed E-state index contributed by atoms with van der Waals surface area (Å²) >= 11 is 0. The molecule has 2 aromatic rings. The first kappa shape index (κ1) is 13.9. The number of aromatic nitrogens is 1. The lowest BCUT2D eigenvalue weighted by atomic mass is 9.69. The van der Waals surface area contributed by atoms with Crippen LogP contribution in [0.2, 0.25) is 0 Å². The summed E-state index contributed by atoms with van der Waals surface area (Å²) in [4.78, 5) is 6.25. The zero-order valence-electron chi connectivity index (χ0n) is 13.9.